The normalized spacial score (nSPS) is 12.8. The molecule has 1 unspecified atom stereocenters. The van der Waals surface area contributed by atoms with E-state index in [2.05, 4.69) is 4.98 Å². The number of aromatic nitrogens is 2. The lowest BCUT2D eigenvalue weighted by molar-refractivity contribution is -0.122. The van der Waals surface area contributed by atoms with Gasteiger partial charge in [-0.15, -0.1) is 0 Å². The van der Waals surface area contributed by atoms with Crippen LogP contribution in [0.5, 0.6) is 0 Å². The SMILES string of the molecule is CN(C)C(Cc1cccc2nc3c([nH]c4ccccc43)c(C(=O)O)c12)C(N)=O. The number of aromatic carboxylic acids is 1. The van der Waals surface area contributed by atoms with E-state index in [0.29, 0.717) is 28.4 Å². The number of rotatable bonds is 5. The van der Waals surface area contributed by atoms with Crippen LogP contribution in [-0.4, -0.2) is 52.0 Å². The Hall–Kier alpha value is -3.45. The topological polar surface area (TPSA) is 112 Å². The van der Waals surface area contributed by atoms with Crippen molar-refractivity contribution in [3.63, 3.8) is 0 Å². The van der Waals surface area contributed by atoms with Crippen molar-refractivity contribution in [2.75, 3.05) is 14.1 Å². The number of nitrogens with one attached hydrogen (secondary N) is 1. The molecule has 2 aromatic heterocycles. The van der Waals surface area contributed by atoms with Crippen molar-refractivity contribution in [2.24, 2.45) is 5.73 Å². The van der Waals surface area contributed by atoms with Gasteiger partial charge in [0.1, 0.15) is 0 Å². The zero-order valence-corrected chi connectivity index (χ0v) is 15.6. The maximum absolute atomic E-state index is 12.3. The zero-order valence-electron chi connectivity index (χ0n) is 15.6. The number of benzene rings is 2. The number of hydrogen-bond acceptors (Lipinski definition) is 4. The van der Waals surface area contributed by atoms with Gasteiger partial charge in [-0.05, 0) is 38.2 Å². The van der Waals surface area contributed by atoms with Crippen LogP contribution in [-0.2, 0) is 11.2 Å². The number of hydrogen-bond donors (Lipinski definition) is 3. The van der Waals surface area contributed by atoms with Crippen LogP contribution in [0.15, 0.2) is 42.5 Å². The number of primary amides is 1. The molecule has 142 valence electrons. The molecule has 0 aliphatic rings. The summed E-state index contributed by atoms with van der Waals surface area (Å²) < 4.78 is 0. The first kappa shape index (κ1) is 17.9. The van der Waals surface area contributed by atoms with Gasteiger partial charge >= 0.3 is 5.97 Å². The summed E-state index contributed by atoms with van der Waals surface area (Å²) in [7, 11) is 3.54. The van der Waals surface area contributed by atoms with Crippen molar-refractivity contribution >= 4 is 44.7 Å². The zero-order chi connectivity index (χ0) is 20.0. The molecule has 0 aliphatic carbocycles. The molecule has 0 spiro atoms. The summed E-state index contributed by atoms with van der Waals surface area (Å²) in [5.74, 6) is -1.50. The van der Waals surface area contributed by atoms with Crippen molar-refractivity contribution in [1.82, 2.24) is 14.9 Å². The quantitative estimate of drug-likeness (QED) is 0.495. The van der Waals surface area contributed by atoms with Gasteiger partial charge in [0.25, 0.3) is 0 Å². The van der Waals surface area contributed by atoms with Crippen LogP contribution in [0.1, 0.15) is 15.9 Å². The molecular weight excluding hydrogens is 356 g/mol. The summed E-state index contributed by atoms with van der Waals surface area (Å²) in [4.78, 5) is 33.8. The van der Waals surface area contributed by atoms with Gasteiger partial charge in [-0.1, -0.05) is 30.3 Å². The first-order chi connectivity index (χ1) is 13.4. The number of pyridine rings is 1. The number of H-pyrrole nitrogens is 1. The first-order valence-electron chi connectivity index (χ1n) is 8.89. The van der Waals surface area contributed by atoms with Crippen LogP contribution in [0, 0.1) is 0 Å². The van der Waals surface area contributed by atoms with Crippen LogP contribution < -0.4 is 5.73 Å². The summed E-state index contributed by atoms with van der Waals surface area (Å²) in [6.07, 6.45) is 0.299. The van der Waals surface area contributed by atoms with Crippen molar-refractivity contribution in [3.8, 4) is 0 Å². The second-order valence-electron chi connectivity index (χ2n) is 7.08. The molecule has 0 radical (unpaired) electrons. The molecule has 0 saturated carbocycles. The fraction of sp³-hybridized carbons (Fsp3) is 0.190. The fourth-order valence-electron chi connectivity index (χ4n) is 3.77. The highest BCUT2D eigenvalue weighted by Crippen LogP contribution is 2.33. The van der Waals surface area contributed by atoms with Gasteiger partial charge in [0, 0.05) is 16.3 Å². The van der Waals surface area contributed by atoms with E-state index in [9.17, 15) is 14.7 Å². The maximum Gasteiger partial charge on any atom is 0.338 e. The summed E-state index contributed by atoms with van der Waals surface area (Å²) in [6.45, 7) is 0. The number of carboxylic acids is 1. The number of fused-ring (bicyclic) bond motifs is 4. The molecule has 28 heavy (non-hydrogen) atoms. The third-order valence-corrected chi connectivity index (χ3v) is 5.12. The molecule has 0 fully saturated rings. The Morgan fingerprint density at radius 3 is 2.61 bits per heavy atom. The molecule has 7 nitrogen and oxygen atoms in total. The average molecular weight is 376 g/mol. The van der Waals surface area contributed by atoms with Gasteiger partial charge in [0.2, 0.25) is 5.91 Å². The lowest BCUT2D eigenvalue weighted by Gasteiger charge is -2.22. The van der Waals surface area contributed by atoms with Gasteiger partial charge in [-0.3, -0.25) is 9.69 Å². The monoisotopic (exact) mass is 376 g/mol. The van der Waals surface area contributed by atoms with E-state index in [1.165, 1.54) is 0 Å². The van der Waals surface area contributed by atoms with E-state index in [0.717, 1.165) is 16.5 Å². The highest BCUT2D eigenvalue weighted by molar-refractivity contribution is 6.19. The number of amides is 1. The Labute approximate surface area is 160 Å². The molecule has 7 heteroatoms. The number of nitrogens with two attached hydrogens (primary N) is 1. The van der Waals surface area contributed by atoms with Crippen molar-refractivity contribution in [1.29, 1.82) is 0 Å². The van der Waals surface area contributed by atoms with Gasteiger partial charge < -0.3 is 15.8 Å². The summed E-state index contributed by atoms with van der Waals surface area (Å²) in [6, 6.07) is 12.5. The number of carbonyl (C=O) groups is 2. The molecule has 1 amide bonds. The molecule has 4 N–H and O–H groups in total. The minimum atomic E-state index is -1.04. The highest BCUT2D eigenvalue weighted by atomic mass is 16.4. The standard InChI is InChI=1S/C21H20N4O3/c1-25(2)15(20(22)26)10-11-6-5-9-14-16(11)17(21(27)28)19-18(24-14)12-7-3-4-8-13(12)23-19/h3-9,15,23H,10H2,1-2H3,(H2,22,26)(H,27,28). The molecule has 2 aromatic carbocycles. The maximum atomic E-state index is 12.3. The number of para-hydroxylation sites is 1. The first-order valence-corrected chi connectivity index (χ1v) is 8.89. The van der Waals surface area contributed by atoms with Crippen molar-refractivity contribution < 1.29 is 14.7 Å². The fourth-order valence-corrected chi connectivity index (χ4v) is 3.77. The molecule has 0 saturated heterocycles. The van der Waals surface area contributed by atoms with Crippen LogP contribution >= 0.6 is 0 Å². The van der Waals surface area contributed by atoms with E-state index >= 15 is 0 Å². The Bertz CT molecular complexity index is 1240. The second kappa shape index (κ2) is 6.61. The van der Waals surface area contributed by atoms with Crippen LogP contribution in [0.3, 0.4) is 0 Å². The average Bonchev–Trinajstić information content (AvgIpc) is 3.01. The Balaban J connectivity index is 2.07. The Kier molecular flexibility index (Phi) is 4.24. The van der Waals surface area contributed by atoms with Crippen LogP contribution in [0.4, 0.5) is 0 Å². The lowest BCUT2D eigenvalue weighted by Crippen LogP contribution is -2.42. The van der Waals surface area contributed by atoms with Crippen molar-refractivity contribution in [3.05, 3.63) is 53.6 Å². The van der Waals surface area contributed by atoms with E-state index in [1.807, 2.05) is 36.4 Å². The summed E-state index contributed by atoms with van der Waals surface area (Å²) in [5, 5.41) is 11.4. The minimum Gasteiger partial charge on any atom is -0.478 e. The molecule has 0 aliphatic heterocycles. The largest absolute Gasteiger partial charge is 0.478 e. The predicted molar refractivity (Wildman–Crippen MR) is 108 cm³/mol. The van der Waals surface area contributed by atoms with Crippen LogP contribution in [0.2, 0.25) is 0 Å². The minimum absolute atomic E-state index is 0.161. The molecule has 0 bridgehead atoms. The van der Waals surface area contributed by atoms with Crippen molar-refractivity contribution in [2.45, 2.75) is 12.5 Å². The highest BCUT2D eigenvalue weighted by Gasteiger charge is 2.24. The van der Waals surface area contributed by atoms with E-state index < -0.39 is 17.9 Å². The predicted octanol–water partition coefficient (Wildman–Crippen LogP) is 2.53. The number of carboxylic acid groups (broad SMARTS) is 1. The number of carbonyl (C=O) groups excluding carboxylic acids is 1. The molecule has 4 rings (SSSR count). The smallest absolute Gasteiger partial charge is 0.338 e. The van der Waals surface area contributed by atoms with Gasteiger partial charge in [-0.25, -0.2) is 9.78 Å². The van der Waals surface area contributed by atoms with Gasteiger partial charge in [-0.2, -0.15) is 0 Å². The molecule has 1 atom stereocenters. The second-order valence-corrected chi connectivity index (χ2v) is 7.08. The number of nitrogens with zero attached hydrogens (tertiary/aromatic N) is 2. The molecule has 2 heterocycles. The van der Waals surface area contributed by atoms with E-state index in [1.54, 1.807) is 25.1 Å². The third kappa shape index (κ3) is 2.76. The summed E-state index contributed by atoms with van der Waals surface area (Å²) in [5.41, 5.74) is 8.94. The number of aromatic amines is 1. The van der Waals surface area contributed by atoms with Crippen LogP contribution in [0.25, 0.3) is 32.8 Å². The van der Waals surface area contributed by atoms with Gasteiger partial charge in [0.05, 0.1) is 28.2 Å². The van der Waals surface area contributed by atoms with E-state index in [-0.39, 0.29) is 5.56 Å². The van der Waals surface area contributed by atoms with Gasteiger partial charge in [0.15, 0.2) is 0 Å². The molecule has 4 aromatic rings. The number of likely N-dealkylation sites (N-methyl/N-ethyl adjacent to an activating group) is 1. The summed E-state index contributed by atoms with van der Waals surface area (Å²) >= 11 is 0. The lowest BCUT2D eigenvalue weighted by atomic mass is 9.96. The Morgan fingerprint density at radius 1 is 1.18 bits per heavy atom. The third-order valence-electron chi connectivity index (χ3n) is 5.12. The Morgan fingerprint density at radius 2 is 1.93 bits per heavy atom. The van der Waals surface area contributed by atoms with E-state index in [4.69, 9.17) is 10.7 Å². The molecular formula is C21H20N4O3.